The molecule has 2 rings (SSSR count). The van der Waals surface area contributed by atoms with Crippen molar-refractivity contribution in [1.29, 1.82) is 0 Å². The van der Waals surface area contributed by atoms with Crippen molar-refractivity contribution >= 4 is 5.91 Å². The first-order valence-electron chi connectivity index (χ1n) is 12.1. The fourth-order valence-corrected chi connectivity index (χ4v) is 5.25. The largest absolute Gasteiger partial charge is 0.344 e. The lowest BCUT2D eigenvalue weighted by atomic mass is 9.71. The maximum atomic E-state index is 12.3. The highest BCUT2D eigenvalue weighted by Gasteiger charge is 2.51. The Morgan fingerprint density at radius 2 is 1.30 bits per heavy atom. The molecule has 0 aromatic rings. The van der Waals surface area contributed by atoms with Gasteiger partial charge >= 0.3 is 0 Å². The molecule has 2 heterocycles. The van der Waals surface area contributed by atoms with Gasteiger partial charge in [0.25, 0.3) is 0 Å². The van der Waals surface area contributed by atoms with E-state index >= 15 is 0 Å². The molecule has 2 fully saturated rings. The summed E-state index contributed by atoms with van der Waals surface area (Å²) in [4.78, 5) is 17.0. The third-order valence-electron chi connectivity index (χ3n) is 7.14. The molecule has 2 saturated heterocycles. The fourth-order valence-electron chi connectivity index (χ4n) is 5.25. The molecular formula is C24H46N2O. The van der Waals surface area contributed by atoms with E-state index in [1.165, 1.54) is 83.5 Å². The van der Waals surface area contributed by atoms with Gasteiger partial charge in [-0.3, -0.25) is 4.79 Å². The van der Waals surface area contributed by atoms with Crippen LogP contribution in [0.1, 0.15) is 110 Å². The van der Waals surface area contributed by atoms with Gasteiger partial charge in [-0.15, -0.1) is 0 Å². The summed E-state index contributed by atoms with van der Waals surface area (Å²) in [5.41, 5.74) is 0.0249. The fraction of sp³-hybridized carbons (Fsp3) is 0.958. The molecule has 0 radical (unpaired) electrons. The highest BCUT2D eigenvalue weighted by Crippen LogP contribution is 2.41. The summed E-state index contributed by atoms with van der Waals surface area (Å²) in [6, 6.07) is 0.767. The predicted octanol–water partition coefficient (Wildman–Crippen LogP) is 6.02. The van der Waals surface area contributed by atoms with Crippen LogP contribution in [0.5, 0.6) is 0 Å². The zero-order valence-corrected chi connectivity index (χ0v) is 18.6. The van der Waals surface area contributed by atoms with Crippen molar-refractivity contribution in [2.45, 2.75) is 116 Å². The number of hydrogen-bond acceptors (Lipinski definition) is 2. The second-order valence-electron chi connectivity index (χ2n) is 9.39. The lowest BCUT2D eigenvalue weighted by Crippen LogP contribution is -2.63. The molecule has 3 nitrogen and oxygen atoms in total. The van der Waals surface area contributed by atoms with Crippen LogP contribution in [0.3, 0.4) is 0 Å². The molecule has 0 aliphatic carbocycles. The Hall–Kier alpha value is -0.570. The molecule has 0 N–H and O–H groups in total. The molecule has 27 heavy (non-hydrogen) atoms. The van der Waals surface area contributed by atoms with E-state index in [0.29, 0.717) is 5.91 Å². The van der Waals surface area contributed by atoms with Gasteiger partial charge in [0.2, 0.25) is 5.91 Å². The van der Waals surface area contributed by atoms with Crippen molar-refractivity contribution in [3.8, 4) is 0 Å². The lowest BCUT2D eigenvalue weighted by Gasteiger charge is -2.52. The van der Waals surface area contributed by atoms with Crippen LogP contribution in [-0.2, 0) is 4.79 Å². The molecule has 158 valence electrons. The Morgan fingerprint density at radius 1 is 0.815 bits per heavy atom. The maximum absolute atomic E-state index is 12.3. The first kappa shape index (κ1) is 22.7. The molecule has 1 spiro atoms. The second kappa shape index (κ2) is 12.1. The number of β-lactam (4-membered cyclic amide) rings is 1. The first-order chi connectivity index (χ1) is 13.1. The van der Waals surface area contributed by atoms with Crippen LogP contribution in [0.15, 0.2) is 0 Å². The smallest absolute Gasteiger partial charge is 0.230 e. The minimum Gasteiger partial charge on any atom is -0.344 e. The van der Waals surface area contributed by atoms with E-state index in [4.69, 9.17) is 0 Å². The monoisotopic (exact) mass is 378 g/mol. The van der Waals surface area contributed by atoms with Gasteiger partial charge in [-0.1, -0.05) is 84.5 Å². The normalized spacial score (nSPS) is 20.9. The Morgan fingerprint density at radius 3 is 1.74 bits per heavy atom. The van der Waals surface area contributed by atoms with E-state index < -0.39 is 0 Å². The molecule has 3 heteroatoms. The molecule has 0 aromatic heterocycles. The SMILES string of the molecule is CCCCCCCCC(CCCCCCC)N1CCC2(CC1)CN(C)C2=O. The van der Waals surface area contributed by atoms with Crippen LogP contribution < -0.4 is 0 Å². The highest BCUT2D eigenvalue weighted by molar-refractivity contribution is 5.88. The van der Waals surface area contributed by atoms with Gasteiger partial charge in [-0.05, 0) is 38.8 Å². The zero-order chi connectivity index (χ0) is 19.5. The molecule has 0 bridgehead atoms. The van der Waals surface area contributed by atoms with Crippen LogP contribution in [0, 0.1) is 5.41 Å². The Bertz CT molecular complexity index is 415. The third-order valence-corrected chi connectivity index (χ3v) is 7.14. The Kier molecular flexibility index (Phi) is 10.2. The van der Waals surface area contributed by atoms with Crippen LogP contribution >= 0.6 is 0 Å². The minimum absolute atomic E-state index is 0.0249. The van der Waals surface area contributed by atoms with Crippen molar-refractivity contribution in [2.24, 2.45) is 5.41 Å². The van der Waals surface area contributed by atoms with Gasteiger partial charge in [-0.25, -0.2) is 0 Å². The summed E-state index contributed by atoms with van der Waals surface area (Å²) in [6.45, 7) is 7.88. The molecule has 0 saturated carbocycles. The molecule has 2 aliphatic rings. The van der Waals surface area contributed by atoms with Gasteiger partial charge in [0.05, 0.1) is 5.41 Å². The topological polar surface area (TPSA) is 23.6 Å². The summed E-state index contributed by atoms with van der Waals surface area (Å²) in [5.74, 6) is 0.411. The summed E-state index contributed by atoms with van der Waals surface area (Å²) >= 11 is 0. The van der Waals surface area contributed by atoms with Crippen LogP contribution in [0.4, 0.5) is 0 Å². The van der Waals surface area contributed by atoms with Crippen LogP contribution in [0.2, 0.25) is 0 Å². The van der Waals surface area contributed by atoms with Crippen molar-refractivity contribution < 1.29 is 4.79 Å². The van der Waals surface area contributed by atoms with Gasteiger partial charge in [0, 0.05) is 19.6 Å². The Labute approximate surface area is 169 Å². The summed E-state index contributed by atoms with van der Waals surface area (Å²) in [6.07, 6.45) is 20.2. The van der Waals surface area contributed by atoms with E-state index in [1.54, 1.807) is 0 Å². The van der Waals surface area contributed by atoms with E-state index in [2.05, 4.69) is 18.7 Å². The number of carbonyl (C=O) groups is 1. The highest BCUT2D eigenvalue weighted by atomic mass is 16.2. The minimum atomic E-state index is 0.0249. The molecule has 1 unspecified atom stereocenters. The predicted molar refractivity (Wildman–Crippen MR) is 116 cm³/mol. The van der Waals surface area contributed by atoms with Crippen molar-refractivity contribution in [3.63, 3.8) is 0 Å². The van der Waals surface area contributed by atoms with E-state index in [9.17, 15) is 4.79 Å². The van der Waals surface area contributed by atoms with Crippen LogP contribution in [-0.4, -0.2) is 48.4 Å². The Balaban J connectivity index is 1.74. The zero-order valence-electron chi connectivity index (χ0n) is 18.6. The molecular weight excluding hydrogens is 332 g/mol. The van der Waals surface area contributed by atoms with E-state index in [1.807, 2.05) is 11.9 Å². The second-order valence-corrected chi connectivity index (χ2v) is 9.39. The number of likely N-dealkylation sites (tertiary alicyclic amines) is 2. The van der Waals surface area contributed by atoms with E-state index in [-0.39, 0.29) is 5.41 Å². The number of amides is 1. The van der Waals surface area contributed by atoms with Gasteiger partial charge in [-0.2, -0.15) is 0 Å². The maximum Gasteiger partial charge on any atom is 0.230 e. The summed E-state index contributed by atoms with van der Waals surface area (Å²) < 4.78 is 0. The molecule has 1 amide bonds. The first-order valence-corrected chi connectivity index (χ1v) is 12.1. The van der Waals surface area contributed by atoms with Gasteiger partial charge < -0.3 is 9.80 Å². The summed E-state index contributed by atoms with van der Waals surface area (Å²) in [5, 5.41) is 0. The number of hydrogen-bond donors (Lipinski definition) is 0. The van der Waals surface area contributed by atoms with Crippen molar-refractivity contribution in [2.75, 3.05) is 26.7 Å². The average Bonchev–Trinajstić information content (AvgIpc) is 2.69. The molecule has 2 aliphatic heterocycles. The quantitative estimate of drug-likeness (QED) is 0.272. The number of unbranched alkanes of at least 4 members (excludes halogenated alkanes) is 9. The number of piperidine rings is 1. The van der Waals surface area contributed by atoms with Crippen molar-refractivity contribution in [3.05, 3.63) is 0 Å². The van der Waals surface area contributed by atoms with Gasteiger partial charge in [0.1, 0.15) is 0 Å². The number of nitrogens with zero attached hydrogens (tertiary/aromatic N) is 2. The third kappa shape index (κ3) is 6.76. The standard InChI is InChI=1S/C24H46N2O/c1-4-6-8-10-12-14-16-22(15-13-11-9-7-5-2)26-19-17-24(18-20-26)21-25(3)23(24)27/h22H,4-21H2,1-3H3. The van der Waals surface area contributed by atoms with Crippen LogP contribution in [0.25, 0.3) is 0 Å². The van der Waals surface area contributed by atoms with Gasteiger partial charge in [0.15, 0.2) is 0 Å². The van der Waals surface area contributed by atoms with E-state index in [0.717, 1.165) is 38.5 Å². The lowest BCUT2D eigenvalue weighted by molar-refractivity contribution is -0.163. The average molecular weight is 379 g/mol. The number of carbonyl (C=O) groups excluding carboxylic acids is 1. The molecule has 0 aromatic carbocycles. The summed E-state index contributed by atoms with van der Waals surface area (Å²) in [7, 11) is 1.96. The number of rotatable bonds is 14. The van der Waals surface area contributed by atoms with Crippen molar-refractivity contribution in [1.82, 2.24) is 9.80 Å². The molecule has 1 atom stereocenters.